The number of hydrogen-bond donors (Lipinski definition) is 2. The molecule has 18 heavy (non-hydrogen) atoms. The number of nitrogens with one attached hydrogen (secondary N) is 1. The third kappa shape index (κ3) is 1.92. The molecule has 0 bridgehead atoms. The van der Waals surface area contributed by atoms with Crippen LogP contribution in [0.3, 0.4) is 0 Å². The summed E-state index contributed by atoms with van der Waals surface area (Å²) < 4.78 is 13.7. The van der Waals surface area contributed by atoms with E-state index in [9.17, 15) is 4.39 Å². The number of nitrogens with two attached hydrogens (primary N) is 1. The Labute approximate surface area is 106 Å². The smallest absolute Gasteiger partial charge is 0.148 e. The number of hydrogen-bond acceptors (Lipinski definition) is 2. The van der Waals surface area contributed by atoms with Gasteiger partial charge in [0.2, 0.25) is 0 Å². The average Bonchev–Trinajstić information content (AvgIpc) is 2.81. The lowest BCUT2D eigenvalue weighted by atomic mass is 10.1. The Hall–Kier alpha value is -2.03. The average molecular weight is 242 g/mol. The van der Waals surface area contributed by atoms with Gasteiger partial charge in [-0.25, -0.2) is 4.39 Å². The van der Waals surface area contributed by atoms with Crippen molar-refractivity contribution < 1.29 is 4.39 Å². The maximum atomic E-state index is 13.7. The van der Waals surface area contributed by atoms with Gasteiger partial charge in [-0.15, -0.1) is 0 Å². The molecule has 3 rings (SSSR count). The summed E-state index contributed by atoms with van der Waals surface area (Å²) in [7, 11) is 0. The van der Waals surface area contributed by atoms with Crippen molar-refractivity contribution in [2.24, 2.45) is 0 Å². The number of nitrogen functional groups attached to an aromatic ring is 1. The van der Waals surface area contributed by atoms with Crippen LogP contribution in [-0.4, -0.2) is 0 Å². The standard InChI is InChI=1S/C15H15FN2/c16-13-5-2-6-14(17)15(13)18-12-8-7-10-3-1-4-11(10)9-12/h2,5-9,18H,1,3-4,17H2. The first-order valence-corrected chi connectivity index (χ1v) is 6.17. The molecule has 3 N–H and O–H groups in total. The maximum absolute atomic E-state index is 13.7. The number of benzene rings is 2. The number of fused-ring (bicyclic) bond motifs is 1. The van der Waals surface area contributed by atoms with E-state index in [0.717, 1.165) is 18.5 Å². The summed E-state index contributed by atoms with van der Waals surface area (Å²) in [6.07, 6.45) is 3.47. The van der Waals surface area contributed by atoms with Gasteiger partial charge in [0.15, 0.2) is 0 Å². The fraction of sp³-hybridized carbons (Fsp3) is 0.200. The van der Waals surface area contributed by atoms with Crippen molar-refractivity contribution in [3.05, 3.63) is 53.3 Å². The predicted molar refractivity (Wildman–Crippen MR) is 72.6 cm³/mol. The van der Waals surface area contributed by atoms with Crippen molar-refractivity contribution in [3.8, 4) is 0 Å². The Balaban J connectivity index is 1.93. The van der Waals surface area contributed by atoms with E-state index in [1.807, 2.05) is 6.07 Å². The summed E-state index contributed by atoms with van der Waals surface area (Å²) in [5.41, 5.74) is 10.2. The number of rotatable bonds is 2. The molecule has 0 saturated carbocycles. The molecule has 0 amide bonds. The van der Waals surface area contributed by atoms with Crippen molar-refractivity contribution in [1.29, 1.82) is 0 Å². The van der Waals surface area contributed by atoms with Gasteiger partial charge >= 0.3 is 0 Å². The lowest BCUT2D eigenvalue weighted by molar-refractivity contribution is 0.632. The van der Waals surface area contributed by atoms with E-state index in [1.54, 1.807) is 12.1 Å². The van der Waals surface area contributed by atoms with Crippen molar-refractivity contribution in [2.75, 3.05) is 11.1 Å². The molecule has 0 spiro atoms. The highest BCUT2D eigenvalue weighted by Gasteiger charge is 2.12. The Kier molecular flexibility index (Phi) is 2.67. The van der Waals surface area contributed by atoms with Gasteiger partial charge in [-0.1, -0.05) is 12.1 Å². The van der Waals surface area contributed by atoms with Crippen LogP contribution >= 0.6 is 0 Å². The van der Waals surface area contributed by atoms with Crippen LogP contribution in [0.1, 0.15) is 17.5 Å². The van der Waals surface area contributed by atoms with Crippen LogP contribution in [0.15, 0.2) is 36.4 Å². The molecule has 2 aromatic carbocycles. The lowest BCUT2D eigenvalue weighted by Crippen LogP contribution is -1.99. The van der Waals surface area contributed by atoms with Crippen LogP contribution in [0.2, 0.25) is 0 Å². The zero-order valence-electron chi connectivity index (χ0n) is 10.0. The fourth-order valence-electron chi connectivity index (χ4n) is 2.47. The third-order valence-corrected chi connectivity index (χ3v) is 3.41. The lowest BCUT2D eigenvalue weighted by Gasteiger charge is -2.11. The summed E-state index contributed by atoms with van der Waals surface area (Å²) in [5, 5.41) is 3.07. The van der Waals surface area contributed by atoms with Gasteiger partial charge in [-0.05, 0) is 54.7 Å². The van der Waals surface area contributed by atoms with Crippen LogP contribution in [0.5, 0.6) is 0 Å². The first-order chi connectivity index (χ1) is 8.74. The Morgan fingerprint density at radius 1 is 1.06 bits per heavy atom. The first kappa shape index (κ1) is 11.1. The molecular formula is C15H15FN2. The van der Waals surface area contributed by atoms with E-state index in [2.05, 4.69) is 17.4 Å². The molecule has 1 aliphatic carbocycles. The van der Waals surface area contributed by atoms with Crippen LogP contribution in [0, 0.1) is 5.82 Å². The Morgan fingerprint density at radius 3 is 2.72 bits per heavy atom. The molecule has 0 unspecified atom stereocenters. The zero-order chi connectivity index (χ0) is 12.5. The molecule has 2 aromatic rings. The molecule has 1 aliphatic rings. The summed E-state index contributed by atoms with van der Waals surface area (Å²) >= 11 is 0. The van der Waals surface area contributed by atoms with Crippen molar-refractivity contribution in [3.63, 3.8) is 0 Å². The highest BCUT2D eigenvalue weighted by atomic mass is 19.1. The number of halogens is 1. The van der Waals surface area contributed by atoms with Crippen LogP contribution in [0.4, 0.5) is 21.5 Å². The van der Waals surface area contributed by atoms with Crippen molar-refractivity contribution in [2.45, 2.75) is 19.3 Å². The number of aryl methyl sites for hydroxylation is 2. The SMILES string of the molecule is Nc1cccc(F)c1Nc1ccc2c(c1)CCC2. The normalized spacial score (nSPS) is 13.4. The minimum Gasteiger partial charge on any atom is -0.397 e. The summed E-state index contributed by atoms with van der Waals surface area (Å²) in [6, 6.07) is 10.9. The molecule has 2 nitrogen and oxygen atoms in total. The molecule has 3 heteroatoms. The van der Waals surface area contributed by atoms with Gasteiger partial charge in [0.25, 0.3) is 0 Å². The van der Waals surface area contributed by atoms with E-state index in [0.29, 0.717) is 11.4 Å². The molecular weight excluding hydrogens is 227 g/mol. The molecule has 0 fully saturated rings. The maximum Gasteiger partial charge on any atom is 0.148 e. The molecule has 0 aromatic heterocycles. The first-order valence-electron chi connectivity index (χ1n) is 6.17. The minimum atomic E-state index is -0.324. The molecule has 0 heterocycles. The van der Waals surface area contributed by atoms with E-state index < -0.39 is 0 Å². The number of para-hydroxylation sites is 1. The van der Waals surface area contributed by atoms with Gasteiger partial charge < -0.3 is 11.1 Å². The molecule has 92 valence electrons. The van der Waals surface area contributed by atoms with Gasteiger partial charge in [-0.2, -0.15) is 0 Å². The second kappa shape index (κ2) is 4.33. The fourth-order valence-corrected chi connectivity index (χ4v) is 2.47. The number of anilines is 3. The minimum absolute atomic E-state index is 0.324. The van der Waals surface area contributed by atoms with Crippen LogP contribution < -0.4 is 11.1 Å². The third-order valence-electron chi connectivity index (χ3n) is 3.41. The Bertz CT molecular complexity index is 573. The second-order valence-corrected chi connectivity index (χ2v) is 4.67. The predicted octanol–water partition coefficient (Wildman–Crippen LogP) is 3.64. The van der Waals surface area contributed by atoms with Gasteiger partial charge in [-0.3, -0.25) is 0 Å². The second-order valence-electron chi connectivity index (χ2n) is 4.67. The largest absolute Gasteiger partial charge is 0.397 e. The van der Waals surface area contributed by atoms with E-state index in [-0.39, 0.29) is 5.82 Å². The van der Waals surface area contributed by atoms with Crippen molar-refractivity contribution >= 4 is 17.1 Å². The van der Waals surface area contributed by atoms with Crippen molar-refractivity contribution in [1.82, 2.24) is 0 Å². The van der Waals surface area contributed by atoms with Gasteiger partial charge in [0.1, 0.15) is 5.82 Å². The highest BCUT2D eigenvalue weighted by molar-refractivity contribution is 5.73. The highest BCUT2D eigenvalue weighted by Crippen LogP contribution is 2.29. The Morgan fingerprint density at radius 2 is 1.89 bits per heavy atom. The van der Waals surface area contributed by atoms with Gasteiger partial charge in [0.05, 0.1) is 11.4 Å². The molecule has 0 saturated heterocycles. The summed E-state index contributed by atoms with van der Waals surface area (Å²) in [4.78, 5) is 0. The molecule has 0 radical (unpaired) electrons. The molecule has 0 atom stereocenters. The van der Waals surface area contributed by atoms with E-state index >= 15 is 0 Å². The monoisotopic (exact) mass is 242 g/mol. The van der Waals surface area contributed by atoms with Gasteiger partial charge in [0, 0.05) is 5.69 Å². The quantitative estimate of drug-likeness (QED) is 0.789. The van der Waals surface area contributed by atoms with E-state index in [1.165, 1.54) is 23.6 Å². The summed E-state index contributed by atoms with van der Waals surface area (Å²) in [6.45, 7) is 0. The summed E-state index contributed by atoms with van der Waals surface area (Å²) in [5.74, 6) is -0.324. The molecule has 0 aliphatic heterocycles. The van der Waals surface area contributed by atoms with Crippen LogP contribution in [-0.2, 0) is 12.8 Å². The zero-order valence-corrected chi connectivity index (χ0v) is 10.0. The topological polar surface area (TPSA) is 38.0 Å². The van der Waals surface area contributed by atoms with E-state index in [4.69, 9.17) is 5.73 Å². The van der Waals surface area contributed by atoms with Crippen LogP contribution in [0.25, 0.3) is 0 Å².